The van der Waals surface area contributed by atoms with Crippen LogP contribution in [0.4, 0.5) is 0 Å². The van der Waals surface area contributed by atoms with Crippen LogP contribution in [-0.2, 0) is 11.0 Å². The van der Waals surface area contributed by atoms with Gasteiger partial charge in [-0.05, 0) is 53.7 Å². The van der Waals surface area contributed by atoms with Gasteiger partial charge in [-0.1, -0.05) is 0 Å². The van der Waals surface area contributed by atoms with Gasteiger partial charge >= 0.3 is 0 Å². The highest BCUT2D eigenvalue weighted by atomic mass is 32.2. The first-order valence-corrected chi connectivity index (χ1v) is 8.26. The van der Waals surface area contributed by atoms with Crippen molar-refractivity contribution in [2.75, 3.05) is 13.2 Å². The molecule has 0 unspecified atom stereocenters. The maximum atomic E-state index is 12.0. The molecule has 0 aliphatic rings. The third-order valence-corrected chi connectivity index (χ3v) is 4.10. The number of hydrogen-bond acceptors (Lipinski definition) is 3. The van der Waals surface area contributed by atoms with Gasteiger partial charge in [0.05, 0.1) is 18.0 Å². The van der Waals surface area contributed by atoms with Gasteiger partial charge in [0, 0.05) is 17.3 Å². The van der Waals surface area contributed by atoms with E-state index in [0.29, 0.717) is 13.2 Å². The van der Waals surface area contributed by atoms with Crippen molar-refractivity contribution in [3.05, 3.63) is 23.3 Å². The van der Waals surface area contributed by atoms with Gasteiger partial charge in [0.15, 0.2) is 0 Å². The second-order valence-corrected chi connectivity index (χ2v) is 7.54. The summed E-state index contributed by atoms with van der Waals surface area (Å²) in [5.74, 6) is 1.54. The predicted octanol–water partition coefficient (Wildman–Crippen LogP) is 3.67. The number of hydrogen-bond donors (Lipinski definition) is 0. The van der Waals surface area contributed by atoms with Crippen LogP contribution in [0.25, 0.3) is 0 Å². The van der Waals surface area contributed by atoms with Crippen LogP contribution >= 0.6 is 0 Å². The van der Waals surface area contributed by atoms with Gasteiger partial charge in [-0.25, -0.2) is 4.21 Å². The lowest BCUT2D eigenvalue weighted by atomic mass is 10.1. The molecule has 0 aromatic heterocycles. The van der Waals surface area contributed by atoms with Crippen LogP contribution in [0.3, 0.4) is 0 Å². The van der Waals surface area contributed by atoms with E-state index in [0.717, 1.165) is 22.6 Å². The molecule has 4 nitrogen and oxygen atoms in total. The van der Waals surface area contributed by atoms with E-state index < -0.39 is 11.0 Å². The normalized spacial score (nSPS) is 13.4. The van der Waals surface area contributed by atoms with Crippen molar-refractivity contribution in [2.24, 2.45) is 4.40 Å². The maximum absolute atomic E-state index is 12.0. The second kappa shape index (κ2) is 7.59. The van der Waals surface area contributed by atoms with E-state index in [1.165, 1.54) is 0 Å². The van der Waals surface area contributed by atoms with E-state index in [-0.39, 0.29) is 4.75 Å². The fourth-order valence-electron chi connectivity index (χ4n) is 1.63. The first kappa shape index (κ1) is 17.7. The van der Waals surface area contributed by atoms with Crippen molar-refractivity contribution in [1.29, 1.82) is 0 Å². The summed E-state index contributed by atoms with van der Waals surface area (Å²) in [5, 5.41) is 0. The van der Waals surface area contributed by atoms with Gasteiger partial charge in [0.25, 0.3) is 0 Å². The molecule has 0 saturated heterocycles. The molecule has 0 bridgehead atoms. The Labute approximate surface area is 130 Å². The lowest BCUT2D eigenvalue weighted by Crippen LogP contribution is -2.19. The Morgan fingerprint density at radius 2 is 1.62 bits per heavy atom. The van der Waals surface area contributed by atoms with Crippen molar-refractivity contribution in [1.82, 2.24) is 0 Å². The van der Waals surface area contributed by atoms with Crippen molar-refractivity contribution in [3.8, 4) is 11.5 Å². The van der Waals surface area contributed by atoms with Crippen LogP contribution in [0, 0.1) is 6.92 Å². The highest BCUT2D eigenvalue weighted by Crippen LogP contribution is 2.29. The van der Waals surface area contributed by atoms with E-state index in [4.69, 9.17) is 9.47 Å². The van der Waals surface area contributed by atoms with Crippen molar-refractivity contribution >= 4 is 17.2 Å². The first-order valence-electron chi connectivity index (χ1n) is 7.15. The van der Waals surface area contributed by atoms with Crippen LogP contribution in [0.1, 0.15) is 45.7 Å². The summed E-state index contributed by atoms with van der Waals surface area (Å²) in [4.78, 5) is 0. The summed E-state index contributed by atoms with van der Waals surface area (Å²) in [7, 11) is -1.28. The van der Waals surface area contributed by atoms with Gasteiger partial charge in [-0.3, -0.25) is 0 Å². The molecule has 1 aromatic rings. The van der Waals surface area contributed by atoms with E-state index >= 15 is 0 Å². The van der Waals surface area contributed by atoms with Crippen molar-refractivity contribution in [2.45, 2.75) is 46.3 Å². The summed E-state index contributed by atoms with van der Waals surface area (Å²) in [5.41, 5.74) is 1.79. The monoisotopic (exact) mass is 311 g/mol. The molecule has 0 radical (unpaired) electrons. The van der Waals surface area contributed by atoms with Crippen LogP contribution in [0.15, 0.2) is 16.5 Å². The Bertz CT molecular complexity index is 506. The lowest BCUT2D eigenvalue weighted by molar-refractivity contribution is 0.319. The molecule has 0 amide bonds. The zero-order valence-electron chi connectivity index (χ0n) is 13.7. The van der Waals surface area contributed by atoms with E-state index in [9.17, 15) is 4.21 Å². The summed E-state index contributed by atoms with van der Waals surface area (Å²) in [6.07, 6.45) is 1.62. The van der Waals surface area contributed by atoms with Crippen LogP contribution < -0.4 is 9.47 Å². The molecule has 0 spiro atoms. The van der Waals surface area contributed by atoms with Crippen LogP contribution in [0.5, 0.6) is 11.5 Å². The summed E-state index contributed by atoms with van der Waals surface area (Å²) in [6.45, 7) is 12.7. The first-order chi connectivity index (χ1) is 9.79. The number of ether oxygens (including phenoxy) is 2. The minimum Gasteiger partial charge on any atom is -0.493 e. The summed E-state index contributed by atoms with van der Waals surface area (Å²) < 4.78 is 27.0. The summed E-state index contributed by atoms with van der Waals surface area (Å²) >= 11 is 0. The molecule has 5 heteroatoms. The third-order valence-electron chi connectivity index (χ3n) is 2.76. The lowest BCUT2D eigenvalue weighted by Gasteiger charge is -2.14. The Morgan fingerprint density at radius 1 is 1.14 bits per heavy atom. The Morgan fingerprint density at radius 3 is 2.00 bits per heavy atom. The predicted molar refractivity (Wildman–Crippen MR) is 89.0 cm³/mol. The number of nitrogens with zero attached hydrogens (tertiary/aromatic N) is 1. The molecule has 1 rings (SSSR count). The molecular weight excluding hydrogens is 286 g/mol. The highest BCUT2D eigenvalue weighted by Gasteiger charge is 2.18. The van der Waals surface area contributed by atoms with Crippen LogP contribution in [0.2, 0.25) is 0 Å². The van der Waals surface area contributed by atoms with Crippen molar-refractivity contribution < 1.29 is 13.7 Å². The highest BCUT2D eigenvalue weighted by molar-refractivity contribution is 7.85. The fourth-order valence-corrected chi connectivity index (χ4v) is 2.17. The molecule has 1 atom stereocenters. The van der Waals surface area contributed by atoms with Gasteiger partial charge in [-0.15, -0.1) is 0 Å². The van der Waals surface area contributed by atoms with Gasteiger partial charge < -0.3 is 9.47 Å². The SMILES string of the molecule is CCOc1cc(/C=N/[S@@](=O)C(C)(C)C)cc(OCC)c1C. The van der Waals surface area contributed by atoms with E-state index in [2.05, 4.69) is 4.40 Å². The van der Waals surface area contributed by atoms with Crippen molar-refractivity contribution in [3.63, 3.8) is 0 Å². The molecule has 1 aromatic carbocycles. The molecule has 0 heterocycles. The van der Waals surface area contributed by atoms with E-state index in [1.807, 2.05) is 53.7 Å². The quantitative estimate of drug-likeness (QED) is 0.753. The molecule has 21 heavy (non-hydrogen) atoms. The fraction of sp³-hybridized carbons (Fsp3) is 0.562. The Balaban J connectivity index is 3.12. The van der Waals surface area contributed by atoms with Gasteiger partial charge in [0.1, 0.15) is 22.5 Å². The van der Waals surface area contributed by atoms with E-state index in [1.54, 1.807) is 6.21 Å². The second-order valence-electron chi connectivity index (χ2n) is 5.60. The average molecular weight is 311 g/mol. The maximum Gasteiger partial charge on any atom is 0.144 e. The largest absolute Gasteiger partial charge is 0.493 e. The van der Waals surface area contributed by atoms with Crippen LogP contribution in [-0.4, -0.2) is 28.4 Å². The zero-order valence-corrected chi connectivity index (χ0v) is 14.5. The molecule has 0 N–H and O–H groups in total. The Kier molecular flexibility index (Phi) is 6.40. The smallest absolute Gasteiger partial charge is 0.144 e. The molecule has 0 fully saturated rings. The molecule has 0 saturated carbocycles. The van der Waals surface area contributed by atoms with Gasteiger partial charge in [0.2, 0.25) is 0 Å². The molecule has 118 valence electrons. The average Bonchev–Trinajstić information content (AvgIpc) is 2.40. The number of rotatable bonds is 6. The molecule has 0 aliphatic heterocycles. The topological polar surface area (TPSA) is 47.9 Å². The summed E-state index contributed by atoms with van der Waals surface area (Å²) in [6, 6.07) is 3.79. The minimum atomic E-state index is -1.28. The zero-order chi connectivity index (χ0) is 16.0. The van der Waals surface area contributed by atoms with Gasteiger partial charge in [-0.2, -0.15) is 4.40 Å². The third kappa shape index (κ3) is 5.16. The Hall–Kier alpha value is -1.36. The minimum absolute atomic E-state index is 0.368. The standard InChI is InChI=1S/C16H25NO3S/c1-7-19-14-9-13(10-15(12(14)3)20-8-2)11-17-21(18)16(4,5)6/h9-11H,7-8H2,1-6H3/b17-11+/t21-/m0/s1. The number of benzene rings is 1. The molecule has 0 aliphatic carbocycles. The molecular formula is C16H25NO3S.